The molecule has 142 valence electrons. The Morgan fingerprint density at radius 2 is 1.46 bits per heavy atom. The van der Waals surface area contributed by atoms with Crippen molar-refractivity contribution in [3.05, 3.63) is 71.8 Å². The van der Waals surface area contributed by atoms with Gasteiger partial charge in [0.25, 0.3) is 0 Å². The number of nitrogens with zero attached hydrogens (tertiary/aromatic N) is 2. The van der Waals surface area contributed by atoms with Crippen LogP contribution in [-0.2, 0) is 6.18 Å². The van der Waals surface area contributed by atoms with Crippen molar-refractivity contribution < 1.29 is 27.4 Å². The molecule has 0 N–H and O–H groups in total. The van der Waals surface area contributed by atoms with E-state index >= 15 is 0 Å². The van der Waals surface area contributed by atoms with Crippen molar-refractivity contribution in [1.29, 1.82) is 5.26 Å². The quantitative estimate of drug-likeness (QED) is 0.574. The van der Waals surface area contributed by atoms with Gasteiger partial charge in [-0.05, 0) is 42.5 Å². The summed E-state index contributed by atoms with van der Waals surface area (Å²) in [5.41, 5.74) is -0.670. The number of rotatable bonds is 5. The van der Waals surface area contributed by atoms with E-state index in [0.717, 1.165) is 12.1 Å². The molecule has 0 amide bonds. The lowest BCUT2D eigenvalue weighted by molar-refractivity contribution is -0.137. The van der Waals surface area contributed by atoms with Crippen LogP contribution >= 0.6 is 0 Å². The Morgan fingerprint density at radius 3 is 2.04 bits per heavy atom. The second-order valence-electron chi connectivity index (χ2n) is 5.55. The van der Waals surface area contributed by atoms with Gasteiger partial charge in [-0.25, -0.2) is 0 Å². The van der Waals surface area contributed by atoms with Crippen LogP contribution in [0.2, 0.25) is 0 Å². The number of benzene rings is 2. The topological polar surface area (TPSA) is 64.4 Å². The molecule has 3 aromatic rings. The molecule has 0 aliphatic rings. The molecule has 0 unspecified atom stereocenters. The van der Waals surface area contributed by atoms with Crippen molar-refractivity contribution in [2.24, 2.45) is 0 Å². The fourth-order valence-corrected chi connectivity index (χ4v) is 2.27. The van der Waals surface area contributed by atoms with Gasteiger partial charge in [0.05, 0.1) is 24.3 Å². The fourth-order valence-electron chi connectivity index (χ4n) is 2.27. The van der Waals surface area contributed by atoms with E-state index in [1.54, 1.807) is 24.3 Å². The molecule has 5 nitrogen and oxygen atoms in total. The summed E-state index contributed by atoms with van der Waals surface area (Å²) in [6.07, 6.45) is -4.50. The zero-order chi connectivity index (χ0) is 20.1. The van der Waals surface area contributed by atoms with E-state index < -0.39 is 11.7 Å². The molecule has 0 bridgehead atoms. The largest absolute Gasteiger partial charge is 0.497 e. The van der Waals surface area contributed by atoms with Crippen LogP contribution < -0.4 is 14.2 Å². The first-order chi connectivity index (χ1) is 13.4. The molecule has 1 aromatic heterocycles. The molecule has 28 heavy (non-hydrogen) atoms. The number of halogens is 3. The molecule has 0 spiro atoms. The zero-order valence-corrected chi connectivity index (χ0v) is 14.5. The molecule has 0 aliphatic heterocycles. The van der Waals surface area contributed by atoms with Crippen LogP contribution in [-0.4, -0.2) is 12.1 Å². The minimum absolute atomic E-state index is 0.0613. The summed E-state index contributed by atoms with van der Waals surface area (Å²) in [7, 11) is 1.53. The Hall–Kier alpha value is -3.73. The highest BCUT2D eigenvalue weighted by Gasteiger charge is 2.30. The summed E-state index contributed by atoms with van der Waals surface area (Å²) in [5.74, 6) is 1.01. The maximum atomic E-state index is 12.8. The summed E-state index contributed by atoms with van der Waals surface area (Å²) in [4.78, 5) is 4.10. The first-order valence-electron chi connectivity index (χ1n) is 7.96. The standard InChI is InChI=1S/C20H13F3N2O3/c1-26-15-5-7-16(8-6-15)27-18-9-13(12-24)10-19(25-18)28-17-4-2-3-14(11-17)20(21,22)23/h2-11H,1H3. The molecule has 0 atom stereocenters. The molecule has 0 aliphatic carbocycles. The fraction of sp³-hybridized carbons (Fsp3) is 0.100. The summed E-state index contributed by atoms with van der Waals surface area (Å²) in [6.45, 7) is 0. The van der Waals surface area contributed by atoms with E-state index in [9.17, 15) is 18.4 Å². The molecule has 2 aromatic carbocycles. The van der Waals surface area contributed by atoms with Gasteiger partial charge >= 0.3 is 6.18 Å². The number of pyridine rings is 1. The lowest BCUT2D eigenvalue weighted by Gasteiger charge is -2.11. The normalized spacial score (nSPS) is 10.8. The van der Waals surface area contributed by atoms with E-state index in [0.29, 0.717) is 11.5 Å². The van der Waals surface area contributed by atoms with Gasteiger partial charge < -0.3 is 14.2 Å². The van der Waals surface area contributed by atoms with Crippen LogP contribution in [0.15, 0.2) is 60.7 Å². The number of methoxy groups -OCH3 is 1. The average Bonchev–Trinajstić information content (AvgIpc) is 2.68. The van der Waals surface area contributed by atoms with Crippen molar-refractivity contribution >= 4 is 0 Å². The van der Waals surface area contributed by atoms with Gasteiger partial charge in [0.15, 0.2) is 0 Å². The van der Waals surface area contributed by atoms with Crippen LogP contribution in [0, 0.1) is 11.3 Å². The van der Waals surface area contributed by atoms with Crippen LogP contribution in [0.25, 0.3) is 0 Å². The van der Waals surface area contributed by atoms with Gasteiger partial charge in [-0.15, -0.1) is 0 Å². The highest BCUT2D eigenvalue weighted by molar-refractivity contribution is 5.41. The number of ether oxygens (including phenoxy) is 3. The highest BCUT2D eigenvalue weighted by atomic mass is 19.4. The molecule has 1 heterocycles. The number of hydrogen-bond donors (Lipinski definition) is 0. The van der Waals surface area contributed by atoms with Gasteiger partial charge in [0, 0.05) is 12.1 Å². The molecular formula is C20H13F3N2O3. The van der Waals surface area contributed by atoms with Crippen LogP contribution in [0.1, 0.15) is 11.1 Å². The SMILES string of the molecule is COc1ccc(Oc2cc(C#N)cc(Oc3cccc(C(F)(F)F)c3)n2)cc1. The second kappa shape index (κ2) is 7.88. The van der Waals surface area contributed by atoms with Crippen molar-refractivity contribution in [2.45, 2.75) is 6.18 Å². The van der Waals surface area contributed by atoms with E-state index in [1.165, 1.54) is 31.4 Å². The third-order valence-electron chi connectivity index (χ3n) is 3.57. The molecular weight excluding hydrogens is 373 g/mol. The molecule has 0 saturated carbocycles. The summed E-state index contributed by atoms with van der Waals surface area (Å²) in [6, 6.07) is 15.7. The van der Waals surface area contributed by atoms with E-state index in [4.69, 9.17) is 14.2 Å². The second-order valence-corrected chi connectivity index (χ2v) is 5.55. The van der Waals surface area contributed by atoms with Gasteiger partial charge in [0.1, 0.15) is 17.2 Å². The van der Waals surface area contributed by atoms with E-state index in [1.807, 2.05) is 6.07 Å². The van der Waals surface area contributed by atoms with Crippen LogP contribution in [0.4, 0.5) is 13.2 Å². The lowest BCUT2D eigenvalue weighted by Crippen LogP contribution is -2.04. The first kappa shape index (κ1) is 19.0. The van der Waals surface area contributed by atoms with Gasteiger partial charge in [-0.2, -0.15) is 23.4 Å². The van der Waals surface area contributed by atoms with Gasteiger partial charge in [0.2, 0.25) is 11.8 Å². The zero-order valence-electron chi connectivity index (χ0n) is 14.5. The monoisotopic (exact) mass is 386 g/mol. The minimum Gasteiger partial charge on any atom is -0.497 e. The van der Waals surface area contributed by atoms with Crippen molar-refractivity contribution in [1.82, 2.24) is 4.98 Å². The number of aromatic nitrogens is 1. The molecule has 0 radical (unpaired) electrons. The van der Waals surface area contributed by atoms with E-state index in [-0.39, 0.29) is 23.1 Å². The summed E-state index contributed by atoms with van der Waals surface area (Å²) in [5, 5.41) is 9.18. The van der Waals surface area contributed by atoms with E-state index in [2.05, 4.69) is 4.98 Å². The first-order valence-corrected chi connectivity index (χ1v) is 7.96. The number of nitriles is 1. The summed E-state index contributed by atoms with van der Waals surface area (Å²) >= 11 is 0. The smallest absolute Gasteiger partial charge is 0.416 e. The average molecular weight is 386 g/mol. The predicted octanol–water partition coefficient (Wildman–Crippen LogP) is 5.57. The number of alkyl halides is 3. The third-order valence-corrected chi connectivity index (χ3v) is 3.57. The third kappa shape index (κ3) is 4.71. The maximum Gasteiger partial charge on any atom is 0.416 e. The highest BCUT2D eigenvalue weighted by Crippen LogP contribution is 2.33. The molecule has 3 rings (SSSR count). The molecule has 0 saturated heterocycles. The van der Waals surface area contributed by atoms with Crippen molar-refractivity contribution in [3.8, 4) is 35.1 Å². The Balaban J connectivity index is 1.86. The van der Waals surface area contributed by atoms with Gasteiger partial charge in [-0.1, -0.05) is 6.07 Å². The summed E-state index contributed by atoms with van der Waals surface area (Å²) < 4.78 is 54.6. The lowest BCUT2D eigenvalue weighted by atomic mass is 10.2. The Bertz CT molecular complexity index is 1010. The number of hydrogen-bond acceptors (Lipinski definition) is 5. The minimum atomic E-state index is -4.50. The van der Waals surface area contributed by atoms with Crippen LogP contribution in [0.5, 0.6) is 29.0 Å². The maximum absolute atomic E-state index is 12.8. The van der Waals surface area contributed by atoms with Crippen LogP contribution in [0.3, 0.4) is 0 Å². The Kier molecular flexibility index (Phi) is 5.36. The van der Waals surface area contributed by atoms with Gasteiger partial charge in [-0.3, -0.25) is 0 Å². The van der Waals surface area contributed by atoms with Crippen molar-refractivity contribution in [2.75, 3.05) is 7.11 Å². The predicted molar refractivity (Wildman–Crippen MR) is 93.5 cm³/mol. The Labute approximate surface area is 158 Å². The van der Waals surface area contributed by atoms with Crippen molar-refractivity contribution in [3.63, 3.8) is 0 Å². The molecule has 8 heteroatoms. The molecule has 0 fully saturated rings. The Morgan fingerprint density at radius 1 is 0.857 bits per heavy atom.